The van der Waals surface area contributed by atoms with E-state index < -0.39 is 0 Å². The maximum atomic E-state index is 10.9. The summed E-state index contributed by atoms with van der Waals surface area (Å²) in [6, 6.07) is 8.86. The summed E-state index contributed by atoms with van der Waals surface area (Å²) in [6.45, 7) is 10.3. The van der Waals surface area contributed by atoms with Crippen LogP contribution in [0.3, 0.4) is 0 Å². The van der Waals surface area contributed by atoms with Crippen molar-refractivity contribution in [2.75, 3.05) is 33.2 Å². The zero-order valence-electron chi connectivity index (χ0n) is 16.4. The van der Waals surface area contributed by atoms with Crippen LogP contribution in [0, 0.1) is 6.92 Å². The zero-order valence-corrected chi connectivity index (χ0v) is 17.2. The third-order valence-electron chi connectivity index (χ3n) is 5.38. The minimum Gasteiger partial charge on any atom is -0.492 e. The molecule has 1 N–H and O–H groups in total. The number of likely N-dealkylation sites (N-methyl/N-ethyl adjacent to an activating group) is 1. The van der Waals surface area contributed by atoms with Crippen molar-refractivity contribution < 1.29 is 5.11 Å². The van der Waals surface area contributed by atoms with Crippen molar-refractivity contribution in [1.82, 2.24) is 24.4 Å². The normalized spacial score (nSPS) is 17.8. The summed E-state index contributed by atoms with van der Waals surface area (Å²) in [6.07, 6.45) is 0. The Morgan fingerprint density at radius 3 is 2.26 bits per heavy atom. The molecule has 2 aromatic heterocycles. The molecule has 1 aliphatic heterocycles. The molecular weight excluding hydrogens is 358 g/mol. The Bertz CT molecular complexity index is 922. The highest BCUT2D eigenvalue weighted by molar-refractivity contribution is 7.17. The van der Waals surface area contributed by atoms with Gasteiger partial charge in [0, 0.05) is 26.2 Å². The van der Waals surface area contributed by atoms with E-state index in [4.69, 9.17) is 0 Å². The predicted molar refractivity (Wildman–Crippen MR) is 109 cm³/mol. The molecule has 1 fully saturated rings. The molecule has 0 unspecified atom stereocenters. The van der Waals surface area contributed by atoms with Crippen LogP contribution in [-0.4, -0.2) is 62.7 Å². The van der Waals surface area contributed by atoms with Crippen molar-refractivity contribution in [2.24, 2.45) is 0 Å². The van der Waals surface area contributed by atoms with Crippen molar-refractivity contribution in [2.45, 2.75) is 32.7 Å². The molecule has 1 saturated heterocycles. The average molecular weight is 386 g/mol. The molecule has 0 radical (unpaired) electrons. The number of hydrogen-bond acceptors (Lipinski definition) is 6. The molecule has 3 heterocycles. The Hall–Kier alpha value is -1.96. The van der Waals surface area contributed by atoms with E-state index in [1.807, 2.05) is 6.92 Å². The van der Waals surface area contributed by atoms with E-state index in [9.17, 15) is 5.11 Å². The highest BCUT2D eigenvalue weighted by Gasteiger charge is 2.31. The van der Waals surface area contributed by atoms with Gasteiger partial charge in [-0.15, -0.1) is 5.10 Å². The second-order valence-electron chi connectivity index (χ2n) is 7.71. The second kappa shape index (κ2) is 7.22. The van der Waals surface area contributed by atoms with Crippen molar-refractivity contribution in [3.05, 3.63) is 46.1 Å². The van der Waals surface area contributed by atoms with Gasteiger partial charge in [0.05, 0.1) is 10.9 Å². The lowest BCUT2D eigenvalue weighted by Crippen LogP contribution is -2.46. The number of fused-ring (bicyclic) bond motifs is 1. The number of rotatable bonds is 4. The molecule has 1 aromatic carbocycles. The average Bonchev–Trinajstić information content (AvgIpc) is 3.15. The maximum absolute atomic E-state index is 10.9. The van der Waals surface area contributed by atoms with Gasteiger partial charge < -0.3 is 10.0 Å². The minimum atomic E-state index is 0.0220. The third kappa shape index (κ3) is 3.47. The van der Waals surface area contributed by atoms with Crippen molar-refractivity contribution in [3.8, 4) is 5.88 Å². The SMILES string of the molecule is Cc1nc2sc([C@H](c3ccc(C(C)C)cc3)N3CCN(C)CC3)c(O)n2n1. The fraction of sp³-hybridized carbons (Fsp3) is 0.500. The summed E-state index contributed by atoms with van der Waals surface area (Å²) in [5.74, 6) is 1.40. The molecule has 27 heavy (non-hydrogen) atoms. The van der Waals surface area contributed by atoms with Crippen LogP contribution < -0.4 is 0 Å². The minimum absolute atomic E-state index is 0.0220. The lowest BCUT2D eigenvalue weighted by molar-refractivity contribution is 0.127. The quantitative estimate of drug-likeness (QED) is 0.747. The molecule has 0 aliphatic carbocycles. The first-order valence-electron chi connectivity index (χ1n) is 9.51. The van der Waals surface area contributed by atoms with Gasteiger partial charge >= 0.3 is 0 Å². The fourth-order valence-electron chi connectivity index (χ4n) is 3.70. The first-order valence-corrected chi connectivity index (χ1v) is 10.3. The lowest BCUT2D eigenvalue weighted by atomic mass is 9.97. The monoisotopic (exact) mass is 385 g/mol. The largest absolute Gasteiger partial charge is 0.492 e. The standard InChI is InChI=1S/C20H27N5OS/c1-13(2)15-5-7-16(8-6-15)17(24-11-9-23(4)10-12-24)18-19(26)25-20(27-18)21-14(3)22-25/h5-8,13,17,26H,9-12H2,1-4H3/t17-/m0/s1. The summed E-state index contributed by atoms with van der Waals surface area (Å²) in [4.78, 5) is 10.9. The Morgan fingerprint density at radius 2 is 1.67 bits per heavy atom. The van der Waals surface area contributed by atoms with Crippen LogP contribution in [0.25, 0.3) is 4.96 Å². The summed E-state index contributed by atoms with van der Waals surface area (Å²) in [7, 11) is 2.16. The van der Waals surface area contributed by atoms with Gasteiger partial charge in [-0.05, 0) is 31.0 Å². The smallest absolute Gasteiger partial charge is 0.230 e. The summed E-state index contributed by atoms with van der Waals surface area (Å²) in [5.41, 5.74) is 2.54. The van der Waals surface area contributed by atoms with Gasteiger partial charge in [-0.25, -0.2) is 4.98 Å². The Kier molecular flexibility index (Phi) is 4.92. The van der Waals surface area contributed by atoms with E-state index >= 15 is 0 Å². The lowest BCUT2D eigenvalue weighted by Gasteiger charge is -2.37. The number of piperazine rings is 1. The number of benzene rings is 1. The first kappa shape index (κ1) is 18.4. The zero-order chi connectivity index (χ0) is 19.1. The predicted octanol–water partition coefficient (Wildman–Crippen LogP) is 3.27. The number of aromatic hydroxyl groups is 1. The molecular formula is C20H27N5OS. The molecule has 0 bridgehead atoms. The van der Waals surface area contributed by atoms with Gasteiger partial charge in [0.2, 0.25) is 10.8 Å². The molecule has 7 heteroatoms. The van der Waals surface area contributed by atoms with E-state index in [2.05, 4.69) is 65.0 Å². The molecule has 3 aromatic rings. The Balaban J connectivity index is 1.77. The van der Waals surface area contributed by atoms with Gasteiger partial charge in [-0.2, -0.15) is 4.52 Å². The number of thiazole rings is 1. The number of aryl methyl sites for hydroxylation is 1. The summed E-state index contributed by atoms with van der Waals surface area (Å²) < 4.78 is 1.57. The number of aromatic nitrogens is 3. The Labute approximate surface area is 164 Å². The first-order chi connectivity index (χ1) is 12.9. The van der Waals surface area contributed by atoms with Crippen molar-refractivity contribution in [1.29, 1.82) is 0 Å². The van der Waals surface area contributed by atoms with Crippen LogP contribution in [-0.2, 0) is 0 Å². The van der Waals surface area contributed by atoms with Crippen LogP contribution in [0.1, 0.15) is 47.6 Å². The third-order valence-corrected chi connectivity index (χ3v) is 6.45. The van der Waals surface area contributed by atoms with Gasteiger partial charge in [0.25, 0.3) is 0 Å². The highest BCUT2D eigenvalue weighted by atomic mass is 32.1. The van der Waals surface area contributed by atoms with Crippen molar-refractivity contribution in [3.63, 3.8) is 0 Å². The molecule has 4 rings (SSSR count). The van der Waals surface area contributed by atoms with E-state index in [1.54, 1.807) is 4.52 Å². The second-order valence-corrected chi connectivity index (χ2v) is 8.72. The maximum Gasteiger partial charge on any atom is 0.230 e. The van der Waals surface area contributed by atoms with E-state index in [0.29, 0.717) is 11.7 Å². The summed E-state index contributed by atoms with van der Waals surface area (Å²) in [5, 5.41) is 15.2. The van der Waals surface area contributed by atoms with Gasteiger partial charge in [-0.3, -0.25) is 4.90 Å². The van der Waals surface area contributed by atoms with E-state index in [0.717, 1.165) is 36.0 Å². The van der Waals surface area contributed by atoms with Crippen molar-refractivity contribution >= 4 is 16.3 Å². The number of nitrogens with zero attached hydrogens (tertiary/aromatic N) is 5. The van der Waals surface area contributed by atoms with Crippen LogP contribution in [0.2, 0.25) is 0 Å². The molecule has 0 amide bonds. The molecule has 1 atom stereocenters. The molecule has 144 valence electrons. The van der Waals surface area contributed by atoms with Crippen LogP contribution in [0.4, 0.5) is 0 Å². The molecule has 0 saturated carbocycles. The van der Waals surface area contributed by atoms with Crippen LogP contribution >= 0.6 is 11.3 Å². The van der Waals surface area contributed by atoms with Crippen LogP contribution in [0.5, 0.6) is 5.88 Å². The van der Waals surface area contributed by atoms with E-state index in [-0.39, 0.29) is 11.9 Å². The topological polar surface area (TPSA) is 56.9 Å². The van der Waals surface area contributed by atoms with Crippen LogP contribution in [0.15, 0.2) is 24.3 Å². The van der Waals surface area contributed by atoms with E-state index in [1.165, 1.54) is 22.5 Å². The summed E-state index contributed by atoms with van der Waals surface area (Å²) >= 11 is 1.54. The number of hydrogen-bond donors (Lipinski definition) is 1. The van der Waals surface area contributed by atoms with Gasteiger partial charge in [0.1, 0.15) is 5.82 Å². The Morgan fingerprint density at radius 1 is 1.04 bits per heavy atom. The van der Waals surface area contributed by atoms with Gasteiger partial charge in [0.15, 0.2) is 0 Å². The highest BCUT2D eigenvalue weighted by Crippen LogP contribution is 2.40. The fourth-order valence-corrected chi connectivity index (χ4v) is 4.86. The molecule has 0 spiro atoms. The molecule has 6 nitrogen and oxygen atoms in total. The molecule has 1 aliphatic rings. The van der Waals surface area contributed by atoms with Gasteiger partial charge in [-0.1, -0.05) is 49.4 Å².